The average Bonchev–Trinajstić information content (AvgIpc) is 2.15. The molecule has 0 saturated heterocycles. The normalized spacial score (nSPS) is 12.4. The molecule has 0 amide bonds. The molecule has 1 nitrogen and oxygen atoms in total. The number of alkyl halides is 3. The van der Waals surface area contributed by atoms with Crippen LogP contribution in [0.4, 0.5) is 13.2 Å². The topological polar surface area (TPSA) is 9.23 Å². The third-order valence-corrected chi connectivity index (χ3v) is 2.88. The molecule has 0 N–H and O–H groups in total. The number of benzene rings is 1. The Morgan fingerprint density at radius 2 is 1.59 bits per heavy atom. The summed E-state index contributed by atoms with van der Waals surface area (Å²) in [7, 11) is 0. The molecule has 4 heteroatoms. The molecule has 0 saturated carbocycles. The maximum Gasteiger partial charge on any atom is 0.573 e. The standard InChI is InChI=1S/C13H15F3O/c1-9(2)12(3,4)10-5-7-11(8-6-10)17-13(14,15)16/h5-8H,1H2,2-4H3. The van der Waals surface area contributed by atoms with Crippen molar-refractivity contribution in [3.63, 3.8) is 0 Å². The van der Waals surface area contributed by atoms with Gasteiger partial charge < -0.3 is 4.74 Å². The van der Waals surface area contributed by atoms with E-state index in [0.717, 1.165) is 11.1 Å². The molecular weight excluding hydrogens is 229 g/mol. The SMILES string of the molecule is C=C(C)C(C)(C)c1ccc(OC(F)(F)F)cc1. The number of halogens is 3. The number of allylic oxidation sites excluding steroid dienone is 1. The van der Waals surface area contributed by atoms with Crippen molar-refractivity contribution in [3.8, 4) is 5.75 Å². The molecule has 0 bridgehead atoms. The van der Waals surface area contributed by atoms with E-state index in [-0.39, 0.29) is 11.2 Å². The quantitative estimate of drug-likeness (QED) is 0.714. The van der Waals surface area contributed by atoms with E-state index < -0.39 is 6.36 Å². The van der Waals surface area contributed by atoms with Crippen molar-refractivity contribution in [2.45, 2.75) is 32.5 Å². The Labute approximate surface area is 98.9 Å². The van der Waals surface area contributed by atoms with Crippen molar-refractivity contribution >= 4 is 0 Å². The van der Waals surface area contributed by atoms with Crippen LogP contribution in [0.1, 0.15) is 26.3 Å². The maximum atomic E-state index is 12.0. The minimum atomic E-state index is -4.65. The van der Waals surface area contributed by atoms with E-state index in [9.17, 15) is 13.2 Å². The van der Waals surface area contributed by atoms with E-state index in [0.29, 0.717) is 0 Å². The molecule has 0 aliphatic heterocycles. The second-order valence-corrected chi connectivity index (χ2v) is 4.48. The lowest BCUT2D eigenvalue weighted by Gasteiger charge is -2.26. The molecule has 0 aliphatic carbocycles. The minimum absolute atomic E-state index is 0.209. The van der Waals surface area contributed by atoms with Gasteiger partial charge in [0.25, 0.3) is 0 Å². The van der Waals surface area contributed by atoms with Crippen LogP contribution in [0.25, 0.3) is 0 Å². The van der Waals surface area contributed by atoms with Gasteiger partial charge in [-0.2, -0.15) is 0 Å². The summed E-state index contributed by atoms with van der Waals surface area (Å²) in [6.45, 7) is 9.70. The van der Waals surface area contributed by atoms with Crippen LogP contribution in [0.3, 0.4) is 0 Å². The number of ether oxygens (including phenoxy) is 1. The third-order valence-electron chi connectivity index (χ3n) is 2.88. The predicted octanol–water partition coefficient (Wildman–Crippen LogP) is 4.44. The average molecular weight is 244 g/mol. The fourth-order valence-electron chi connectivity index (χ4n) is 1.32. The molecule has 0 atom stereocenters. The summed E-state index contributed by atoms with van der Waals surface area (Å²) in [6.07, 6.45) is -4.65. The van der Waals surface area contributed by atoms with E-state index in [2.05, 4.69) is 11.3 Å². The van der Waals surface area contributed by atoms with E-state index in [1.165, 1.54) is 12.1 Å². The van der Waals surface area contributed by atoms with Gasteiger partial charge in [-0.3, -0.25) is 0 Å². The number of hydrogen-bond acceptors (Lipinski definition) is 1. The molecular formula is C13H15F3O. The molecule has 0 spiro atoms. The van der Waals surface area contributed by atoms with Crippen LogP contribution in [-0.2, 0) is 5.41 Å². The molecule has 1 rings (SSSR count). The highest BCUT2D eigenvalue weighted by molar-refractivity contribution is 5.36. The Morgan fingerprint density at radius 3 is 1.94 bits per heavy atom. The Balaban J connectivity index is 2.93. The molecule has 1 aromatic rings. The molecule has 1 aromatic carbocycles. The van der Waals surface area contributed by atoms with Crippen molar-refractivity contribution in [2.24, 2.45) is 0 Å². The highest BCUT2D eigenvalue weighted by atomic mass is 19.4. The van der Waals surface area contributed by atoms with E-state index in [4.69, 9.17) is 0 Å². The van der Waals surface area contributed by atoms with E-state index in [1.54, 1.807) is 12.1 Å². The van der Waals surface area contributed by atoms with Crippen molar-refractivity contribution in [1.29, 1.82) is 0 Å². The van der Waals surface area contributed by atoms with Crippen LogP contribution >= 0.6 is 0 Å². The van der Waals surface area contributed by atoms with Crippen LogP contribution in [0, 0.1) is 0 Å². The summed E-state index contributed by atoms with van der Waals surface area (Å²) in [5.74, 6) is -0.209. The maximum absolute atomic E-state index is 12.0. The van der Waals surface area contributed by atoms with Gasteiger partial charge in [-0.05, 0) is 24.6 Å². The molecule has 0 unspecified atom stereocenters. The first-order valence-electron chi connectivity index (χ1n) is 5.15. The van der Waals surface area contributed by atoms with Crippen LogP contribution in [0.2, 0.25) is 0 Å². The molecule has 0 aliphatic rings. The van der Waals surface area contributed by atoms with Crippen LogP contribution in [0.5, 0.6) is 5.75 Å². The zero-order chi connectivity index (χ0) is 13.3. The summed E-state index contributed by atoms with van der Waals surface area (Å²) in [5, 5.41) is 0. The lowest BCUT2D eigenvalue weighted by atomic mass is 9.79. The van der Waals surface area contributed by atoms with Gasteiger partial charge in [-0.1, -0.05) is 38.1 Å². The zero-order valence-corrected chi connectivity index (χ0v) is 10.1. The third kappa shape index (κ3) is 3.51. The van der Waals surface area contributed by atoms with Gasteiger partial charge >= 0.3 is 6.36 Å². The Morgan fingerprint density at radius 1 is 1.12 bits per heavy atom. The lowest BCUT2D eigenvalue weighted by molar-refractivity contribution is -0.274. The first-order valence-corrected chi connectivity index (χ1v) is 5.15. The van der Waals surface area contributed by atoms with Gasteiger partial charge in [0, 0.05) is 5.41 Å². The van der Waals surface area contributed by atoms with Gasteiger partial charge in [0.05, 0.1) is 0 Å². The molecule has 0 radical (unpaired) electrons. The number of hydrogen-bond donors (Lipinski definition) is 0. The summed E-state index contributed by atoms with van der Waals surface area (Å²) in [6, 6.07) is 5.87. The Kier molecular flexibility index (Phi) is 3.55. The zero-order valence-electron chi connectivity index (χ0n) is 10.1. The summed E-state index contributed by atoms with van der Waals surface area (Å²) in [5.41, 5.74) is 1.58. The Hall–Kier alpha value is -1.45. The highest BCUT2D eigenvalue weighted by Gasteiger charge is 2.31. The van der Waals surface area contributed by atoms with Crippen molar-refractivity contribution in [1.82, 2.24) is 0 Å². The van der Waals surface area contributed by atoms with Gasteiger partial charge in [-0.25, -0.2) is 0 Å². The monoisotopic (exact) mass is 244 g/mol. The lowest BCUT2D eigenvalue weighted by Crippen LogP contribution is -2.19. The van der Waals surface area contributed by atoms with Gasteiger partial charge in [0.2, 0.25) is 0 Å². The van der Waals surface area contributed by atoms with E-state index in [1.807, 2.05) is 20.8 Å². The van der Waals surface area contributed by atoms with Gasteiger partial charge in [0.15, 0.2) is 0 Å². The summed E-state index contributed by atoms with van der Waals surface area (Å²) in [4.78, 5) is 0. The van der Waals surface area contributed by atoms with Crippen LogP contribution < -0.4 is 4.74 Å². The van der Waals surface area contributed by atoms with Crippen LogP contribution in [0.15, 0.2) is 36.4 Å². The first kappa shape index (κ1) is 13.6. The fraction of sp³-hybridized carbons (Fsp3) is 0.385. The molecule has 94 valence electrons. The smallest absolute Gasteiger partial charge is 0.406 e. The van der Waals surface area contributed by atoms with Gasteiger partial charge in [-0.15, -0.1) is 13.2 Å². The summed E-state index contributed by atoms with van der Waals surface area (Å²) >= 11 is 0. The highest BCUT2D eigenvalue weighted by Crippen LogP contribution is 2.32. The largest absolute Gasteiger partial charge is 0.573 e. The molecule has 17 heavy (non-hydrogen) atoms. The summed E-state index contributed by atoms with van der Waals surface area (Å²) < 4.78 is 39.7. The first-order chi connectivity index (χ1) is 7.63. The second kappa shape index (κ2) is 4.43. The predicted molar refractivity (Wildman–Crippen MR) is 61.0 cm³/mol. The van der Waals surface area contributed by atoms with Crippen molar-refractivity contribution in [2.75, 3.05) is 0 Å². The Bertz CT molecular complexity index is 402. The molecule has 0 heterocycles. The van der Waals surface area contributed by atoms with E-state index >= 15 is 0 Å². The molecule has 0 fully saturated rings. The van der Waals surface area contributed by atoms with Crippen LogP contribution in [-0.4, -0.2) is 6.36 Å². The number of rotatable bonds is 3. The fourth-order valence-corrected chi connectivity index (χ4v) is 1.32. The van der Waals surface area contributed by atoms with Crippen molar-refractivity contribution in [3.05, 3.63) is 42.0 Å². The molecule has 0 aromatic heterocycles. The second-order valence-electron chi connectivity index (χ2n) is 4.48. The minimum Gasteiger partial charge on any atom is -0.406 e. The van der Waals surface area contributed by atoms with Gasteiger partial charge in [0.1, 0.15) is 5.75 Å². The van der Waals surface area contributed by atoms with Crippen molar-refractivity contribution < 1.29 is 17.9 Å².